The number of hydrogen-bond acceptors (Lipinski definition) is 4. The zero-order valence-electron chi connectivity index (χ0n) is 13.2. The predicted molar refractivity (Wildman–Crippen MR) is 90.6 cm³/mol. The lowest BCUT2D eigenvalue weighted by Crippen LogP contribution is -2.23. The van der Waals surface area contributed by atoms with Crippen LogP contribution in [0.1, 0.15) is 29.4 Å². The average Bonchev–Trinajstić information content (AvgIpc) is 3.21. The molecule has 0 aliphatic carbocycles. The fourth-order valence-corrected chi connectivity index (χ4v) is 2.63. The first-order chi connectivity index (χ1) is 11.7. The second-order valence-electron chi connectivity index (χ2n) is 5.25. The van der Waals surface area contributed by atoms with Crippen LogP contribution in [-0.2, 0) is 13.1 Å². The summed E-state index contributed by atoms with van der Waals surface area (Å²) in [5.74, 6) is 0.355. The second-order valence-corrected chi connectivity index (χ2v) is 5.61. The molecule has 3 aromatic rings. The highest BCUT2D eigenvalue weighted by atomic mass is 35.5. The molecular formula is C17H17ClN4O2. The van der Waals surface area contributed by atoms with E-state index in [0.717, 1.165) is 12.0 Å². The van der Waals surface area contributed by atoms with Crippen molar-refractivity contribution in [3.63, 3.8) is 0 Å². The van der Waals surface area contributed by atoms with Crippen LogP contribution in [0.4, 0.5) is 0 Å². The van der Waals surface area contributed by atoms with Crippen LogP contribution < -0.4 is 5.32 Å². The molecule has 124 valence electrons. The van der Waals surface area contributed by atoms with Gasteiger partial charge in [0.2, 0.25) is 0 Å². The van der Waals surface area contributed by atoms with Crippen LogP contribution in [0, 0.1) is 0 Å². The van der Waals surface area contributed by atoms with E-state index in [0.29, 0.717) is 28.7 Å². The van der Waals surface area contributed by atoms with Crippen molar-refractivity contribution < 1.29 is 9.21 Å². The lowest BCUT2D eigenvalue weighted by molar-refractivity contribution is 0.0950. The molecule has 24 heavy (non-hydrogen) atoms. The third-order valence-corrected chi connectivity index (χ3v) is 3.95. The molecule has 0 saturated heterocycles. The highest BCUT2D eigenvalue weighted by molar-refractivity contribution is 6.32. The van der Waals surface area contributed by atoms with Gasteiger partial charge in [-0.05, 0) is 6.42 Å². The molecule has 1 amide bonds. The summed E-state index contributed by atoms with van der Waals surface area (Å²) in [5.41, 5.74) is 1.93. The fraction of sp³-hybridized carbons (Fsp3) is 0.235. The quantitative estimate of drug-likeness (QED) is 0.742. The van der Waals surface area contributed by atoms with Crippen molar-refractivity contribution in [2.45, 2.75) is 26.4 Å². The number of nitrogens with one attached hydrogen (secondary N) is 1. The van der Waals surface area contributed by atoms with Crippen LogP contribution in [0.25, 0.3) is 11.3 Å². The Morgan fingerprint density at radius 1 is 1.33 bits per heavy atom. The van der Waals surface area contributed by atoms with Gasteiger partial charge < -0.3 is 9.73 Å². The van der Waals surface area contributed by atoms with Gasteiger partial charge in [-0.25, -0.2) is 4.98 Å². The van der Waals surface area contributed by atoms with Crippen LogP contribution in [0.5, 0.6) is 0 Å². The van der Waals surface area contributed by atoms with Crippen molar-refractivity contribution in [2.24, 2.45) is 0 Å². The molecule has 0 spiro atoms. The van der Waals surface area contributed by atoms with Gasteiger partial charge in [0.1, 0.15) is 10.8 Å². The van der Waals surface area contributed by atoms with Gasteiger partial charge in [-0.3, -0.25) is 9.48 Å². The molecule has 2 aromatic heterocycles. The van der Waals surface area contributed by atoms with Gasteiger partial charge in [-0.2, -0.15) is 5.10 Å². The number of aryl methyl sites for hydroxylation is 1. The molecule has 0 bridgehead atoms. The standard InChI is InChI=1S/C17H17ClN4O2/c1-2-8-22-16(18)13(9-21-22)17(23)19-10-14-15(24-11-20-14)12-6-4-3-5-7-12/h3-7,9,11H,2,8,10H2,1H3,(H,19,23). The van der Waals surface area contributed by atoms with E-state index in [-0.39, 0.29) is 12.5 Å². The van der Waals surface area contributed by atoms with Gasteiger partial charge in [0.05, 0.1) is 18.3 Å². The third kappa shape index (κ3) is 3.33. The van der Waals surface area contributed by atoms with Crippen LogP contribution >= 0.6 is 11.6 Å². The molecule has 2 heterocycles. The number of hydrogen-bond donors (Lipinski definition) is 1. The highest BCUT2D eigenvalue weighted by Crippen LogP contribution is 2.23. The Labute approximate surface area is 144 Å². The molecule has 0 fully saturated rings. The van der Waals surface area contributed by atoms with Gasteiger partial charge in [-0.15, -0.1) is 0 Å². The zero-order chi connectivity index (χ0) is 16.9. The van der Waals surface area contributed by atoms with Crippen molar-refractivity contribution in [1.29, 1.82) is 0 Å². The molecule has 0 aliphatic heterocycles. The summed E-state index contributed by atoms with van der Waals surface area (Å²) in [4.78, 5) is 16.5. The highest BCUT2D eigenvalue weighted by Gasteiger charge is 2.17. The van der Waals surface area contributed by atoms with Gasteiger partial charge in [0.25, 0.3) is 5.91 Å². The predicted octanol–water partition coefficient (Wildman–Crippen LogP) is 3.53. The summed E-state index contributed by atoms with van der Waals surface area (Å²) in [5, 5.41) is 7.28. The lowest BCUT2D eigenvalue weighted by Gasteiger charge is -2.05. The minimum absolute atomic E-state index is 0.245. The van der Waals surface area contributed by atoms with Crippen molar-refractivity contribution in [3.8, 4) is 11.3 Å². The maximum atomic E-state index is 12.3. The first-order valence-corrected chi connectivity index (χ1v) is 8.05. The van der Waals surface area contributed by atoms with Gasteiger partial charge in [-0.1, -0.05) is 48.9 Å². The molecule has 0 saturated carbocycles. The number of carbonyl (C=O) groups excluding carboxylic acids is 1. The molecule has 0 radical (unpaired) electrons. The van der Waals surface area contributed by atoms with Crippen LogP contribution in [0.15, 0.2) is 47.3 Å². The van der Waals surface area contributed by atoms with Crippen LogP contribution in [0.2, 0.25) is 5.15 Å². The molecule has 6 nitrogen and oxygen atoms in total. The molecule has 0 atom stereocenters. The SMILES string of the molecule is CCCn1ncc(C(=O)NCc2ncoc2-c2ccccc2)c1Cl. The molecular weight excluding hydrogens is 328 g/mol. The minimum Gasteiger partial charge on any atom is -0.443 e. The largest absolute Gasteiger partial charge is 0.443 e. The van der Waals surface area contributed by atoms with E-state index in [1.807, 2.05) is 37.3 Å². The van der Waals surface area contributed by atoms with Gasteiger partial charge in [0, 0.05) is 12.1 Å². The van der Waals surface area contributed by atoms with E-state index in [2.05, 4.69) is 15.4 Å². The maximum absolute atomic E-state index is 12.3. The normalized spacial score (nSPS) is 10.8. The molecule has 7 heteroatoms. The Hall–Kier alpha value is -2.60. The van der Waals surface area contributed by atoms with Crippen LogP contribution in [-0.4, -0.2) is 20.7 Å². The first kappa shape index (κ1) is 16.3. The van der Waals surface area contributed by atoms with Crippen molar-refractivity contribution in [1.82, 2.24) is 20.1 Å². The Bertz CT molecular complexity index is 826. The average molecular weight is 345 g/mol. The Kier molecular flexibility index (Phi) is 4.96. The monoisotopic (exact) mass is 344 g/mol. The van der Waals surface area contributed by atoms with E-state index < -0.39 is 0 Å². The number of halogens is 1. The maximum Gasteiger partial charge on any atom is 0.256 e. The number of benzene rings is 1. The summed E-state index contributed by atoms with van der Waals surface area (Å²) < 4.78 is 7.06. The second kappa shape index (κ2) is 7.31. The Morgan fingerprint density at radius 2 is 2.12 bits per heavy atom. The van der Waals surface area contributed by atoms with Crippen molar-refractivity contribution >= 4 is 17.5 Å². The number of rotatable bonds is 6. The number of aromatic nitrogens is 3. The van der Waals surface area contributed by atoms with E-state index in [1.54, 1.807) is 4.68 Å². The number of carbonyl (C=O) groups is 1. The molecule has 0 unspecified atom stereocenters. The van der Waals surface area contributed by atoms with E-state index in [4.69, 9.17) is 16.0 Å². The minimum atomic E-state index is -0.288. The third-order valence-electron chi connectivity index (χ3n) is 3.55. The molecule has 3 rings (SSSR count). The molecule has 1 aromatic carbocycles. The number of oxazole rings is 1. The fourth-order valence-electron chi connectivity index (χ4n) is 2.37. The molecule has 0 aliphatic rings. The number of amides is 1. The van der Waals surface area contributed by atoms with Crippen molar-refractivity contribution in [3.05, 3.63) is 59.3 Å². The molecule has 1 N–H and O–H groups in total. The number of nitrogens with zero attached hydrogens (tertiary/aromatic N) is 3. The summed E-state index contributed by atoms with van der Waals surface area (Å²) in [6.45, 7) is 2.94. The summed E-state index contributed by atoms with van der Waals surface area (Å²) >= 11 is 6.19. The summed E-state index contributed by atoms with van der Waals surface area (Å²) in [6, 6.07) is 9.62. The lowest BCUT2D eigenvalue weighted by atomic mass is 10.1. The van der Waals surface area contributed by atoms with E-state index >= 15 is 0 Å². The zero-order valence-corrected chi connectivity index (χ0v) is 14.0. The Morgan fingerprint density at radius 3 is 2.88 bits per heavy atom. The van der Waals surface area contributed by atoms with Crippen LogP contribution in [0.3, 0.4) is 0 Å². The smallest absolute Gasteiger partial charge is 0.256 e. The van der Waals surface area contributed by atoms with E-state index in [9.17, 15) is 4.79 Å². The van der Waals surface area contributed by atoms with E-state index in [1.165, 1.54) is 12.6 Å². The van der Waals surface area contributed by atoms with Gasteiger partial charge >= 0.3 is 0 Å². The Balaban J connectivity index is 1.71. The van der Waals surface area contributed by atoms with Gasteiger partial charge in [0.15, 0.2) is 12.2 Å². The topological polar surface area (TPSA) is 73.0 Å². The first-order valence-electron chi connectivity index (χ1n) is 7.68. The summed E-state index contributed by atoms with van der Waals surface area (Å²) in [7, 11) is 0. The summed E-state index contributed by atoms with van der Waals surface area (Å²) in [6.07, 6.45) is 3.74. The van der Waals surface area contributed by atoms with Crippen molar-refractivity contribution in [2.75, 3.05) is 0 Å².